The highest BCUT2D eigenvalue weighted by Gasteiger charge is 2.28. The third-order valence-electron chi connectivity index (χ3n) is 4.68. The highest BCUT2D eigenvalue weighted by Crippen LogP contribution is 2.33. The van der Waals surface area contributed by atoms with Gasteiger partial charge in [0, 0.05) is 34.4 Å². The predicted molar refractivity (Wildman–Crippen MR) is 97.8 cm³/mol. The molecule has 2 N–H and O–H groups in total. The van der Waals surface area contributed by atoms with E-state index in [0.717, 1.165) is 17.7 Å². The van der Waals surface area contributed by atoms with Crippen LogP contribution in [0.1, 0.15) is 32.2 Å². The van der Waals surface area contributed by atoms with E-state index in [-0.39, 0.29) is 11.9 Å². The molecule has 1 amide bonds. The number of fused-ring (bicyclic) bond motifs is 1. The Morgan fingerprint density at radius 3 is 2.80 bits per heavy atom. The van der Waals surface area contributed by atoms with Crippen LogP contribution in [0.2, 0.25) is 0 Å². The smallest absolute Gasteiger partial charge is 0.259 e. The summed E-state index contributed by atoms with van der Waals surface area (Å²) in [7, 11) is 0. The van der Waals surface area contributed by atoms with E-state index in [4.69, 9.17) is 10.3 Å². The first-order chi connectivity index (χ1) is 11.9. The van der Waals surface area contributed by atoms with Crippen molar-refractivity contribution in [2.45, 2.75) is 33.2 Å². The molecule has 0 saturated carbocycles. The number of likely N-dealkylation sites (tertiary alicyclic amines) is 1. The number of thiophene rings is 1. The lowest BCUT2D eigenvalue weighted by molar-refractivity contribution is 0.0792. The molecular weight excluding hydrogens is 336 g/mol. The average Bonchev–Trinajstić information content (AvgIpc) is 3.26. The monoisotopic (exact) mass is 356 g/mol. The zero-order chi connectivity index (χ0) is 17.7. The lowest BCUT2D eigenvalue weighted by atomic mass is 10.0. The molecule has 130 valence electrons. The van der Waals surface area contributed by atoms with Crippen LogP contribution in [0.4, 0.5) is 0 Å². The van der Waals surface area contributed by atoms with Crippen molar-refractivity contribution in [3.63, 3.8) is 0 Å². The van der Waals surface area contributed by atoms with Gasteiger partial charge in [-0.15, -0.1) is 11.3 Å². The van der Waals surface area contributed by atoms with Gasteiger partial charge in [0.1, 0.15) is 0 Å². The highest BCUT2D eigenvalue weighted by atomic mass is 32.1. The van der Waals surface area contributed by atoms with Gasteiger partial charge in [-0.3, -0.25) is 4.79 Å². The van der Waals surface area contributed by atoms with E-state index >= 15 is 0 Å². The Labute approximate surface area is 149 Å². The van der Waals surface area contributed by atoms with Gasteiger partial charge in [-0.1, -0.05) is 5.16 Å². The number of aryl methyl sites for hydroxylation is 3. The van der Waals surface area contributed by atoms with Crippen LogP contribution in [0.15, 0.2) is 16.7 Å². The fraction of sp³-hybridized carbons (Fsp3) is 0.389. The van der Waals surface area contributed by atoms with Crippen molar-refractivity contribution < 1.29 is 9.32 Å². The molecule has 6 nitrogen and oxygen atoms in total. The minimum Gasteiger partial charge on any atom is -0.337 e. The maximum absolute atomic E-state index is 13.1. The predicted octanol–water partition coefficient (Wildman–Crippen LogP) is 3.05. The number of nitrogens with two attached hydrogens (primary N) is 1. The number of rotatable bonds is 2. The minimum atomic E-state index is -0.0301. The molecule has 7 heteroatoms. The van der Waals surface area contributed by atoms with Crippen LogP contribution in [-0.2, 0) is 0 Å². The molecule has 1 aliphatic heterocycles. The Kier molecular flexibility index (Phi) is 3.85. The first-order valence-corrected chi connectivity index (χ1v) is 9.15. The first-order valence-electron chi connectivity index (χ1n) is 8.33. The number of carbonyl (C=O) groups excluding carboxylic acids is 1. The lowest BCUT2D eigenvalue weighted by Crippen LogP contribution is -2.32. The summed E-state index contributed by atoms with van der Waals surface area (Å²) in [6.45, 7) is 7.22. The Hall–Kier alpha value is -2.25. The fourth-order valence-electron chi connectivity index (χ4n) is 3.43. The van der Waals surface area contributed by atoms with Gasteiger partial charge in [-0.2, -0.15) is 0 Å². The molecule has 0 aromatic carbocycles. The highest BCUT2D eigenvalue weighted by molar-refractivity contribution is 7.12. The van der Waals surface area contributed by atoms with E-state index in [9.17, 15) is 4.79 Å². The fourth-order valence-corrected chi connectivity index (χ4v) is 4.36. The van der Waals surface area contributed by atoms with Crippen molar-refractivity contribution in [1.82, 2.24) is 15.0 Å². The summed E-state index contributed by atoms with van der Waals surface area (Å²) in [5, 5.41) is 4.71. The van der Waals surface area contributed by atoms with Crippen LogP contribution in [-0.4, -0.2) is 40.1 Å². The van der Waals surface area contributed by atoms with Crippen LogP contribution in [0.25, 0.3) is 22.4 Å². The number of carbonyl (C=O) groups is 1. The Bertz CT molecular complexity index is 975. The molecule has 4 rings (SSSR count). The van der Waals surface area contributed by atoms with Crippen LogP contribution in [0, 0.1) is 20.8 Å². The summed E-state index contributed by atoms with van der Waals surface area (Å²) >= 11 is 1.72. The second-order valence-electron chi connectivity index (χ2n) is 6.63. The van der Waals surface area contributed by atoms with E-state index in [2.05, 4.69) is 30.1 Å². The molecule has 0 spiro atoms. The SMILES string of the molecule is Cc1cc(-c2cc(C(=O)N3CC[C@H](N)C3)c3c(C)noc3n2)c(C)s1. The van der Waals surface area contributed by atoms with E-state index in [1.807, 2.05) is 13.0 Å². The number of amides is 1. The molecule has 0 bridgehead atoms. The van der Waals surface area contributed by atoms with Gasteiger partial charge in [0.05, 0.1) is 22.3 Å². The number of pyridine rings is 1. The standard InChI is InChI=1S/C18H20N4O2S/c1-9-6-13(11(3)25-9)15-7-14(16-10(2)21-24-17(16)20-15)18(23)22-5-4-12(19)8-22/h6-7,12H,4-5,8,19H2,1-3H3/t12-/m0/s1. The zero-order valence-electron chi connectivity index (χ0n) is 14.5. The Morgan fingerprint density at radius 1 is 1.36 bits per heavy atom. The van der Waals surface area contributed by atoms with E-state index in [1.165, 1.54) is 9.75 Å². The molecule has 1 aliphatic rings. The van der Waals surface area contributed by atoms with Crippen molar-refractivity contribution in [1.29, 1.82) is 0 Å². The number of hydrogen-bond donors (Lipinski definition) is 1. The second-order valence-corrected chi connectivity index (χ2v) is 8.09. The molecule has 1 saturated heterocycles. The lowest BCUT2D eigenvalue weighted by Gasteiger charge is -2.16. The van der Waals surface area contributed by atoms with Crippen molar-refractivity contribution in [2.24, 2.45) is 5.73 Å². The average molecular weight is 356 g/mol. The Morgan fingerprint density at radius 2 is 2.16 bits per heavy atom. The molecule has 0 aliphatic carbocycles. The van der Waals surface area contributed by atoms with E-state index in [1.54, 1.807) is 16.2 Å². The minimum absolute atomic E-state index is 0.0301. The van der Waals surface area contributed by atoms with Crippen molar-refractivity contribution in [3.8, 4) is 11.3 Å². The molecule has 0 unspecified atom stereocenters. The van der Waals surface area contributed by atoms with Gasteiger partial charge >= 0.3 is 0 Å². The Balaban J connectivity index is 1.88. The van der Waals surface area contributed by atoms with Gasteiger partial charge in [-0.05, 0) is 39.3 Å². The van der Waals surface area contributed by atoms with Crippen LogP contribution >= 0.6 is 11.3 Å². The number of aromatic nitrogens is 2. The zero-order valence-corrected chi connectivity index (χ0v) is 15.3. The quantitative estimate of drug-likeness (QED) is 0.763. The van der Waals surface area contributed by atoms with Gasteiger partial charge in [-0.25, -0.2) is 4.98 Å². The molecule has 3 aromatic rings. The maximum atomic E-state index is 13.1. The van der Waals surface area contributed by atoms with Crippen molar-refractivity contribution in [2.75, 3.05) is 13.1 Å². The number of nitrogens with zero attached hydrogens (tertiary/aromatic N) is 3. The molecule has 0 radical (unpaired) electrons. The normalized spacial score (nSPS) is 17.6. The van der Waals surface area contributed by atoms with Crippen molar-refractivity contribution >= 4 is 28.3 Å². The summed E-state index contributed by atoms with van der Waals surface area (Å²) in [5.41, 5.74) is 9.43. The third-order valence-corrected chi connectivity index (χ3v) is 5.64. The summed E-state index contributed by atoms with van der Waals surface area (Å²) < 4.78 is 5.38. The van der Waals surface area contributed by atoms with Crippen LogP contribution in [0.5, 0.6) is 0 Å². The van der Waals surface area contributed by atoms with Crippen LogP contribution in [0.3, 0.4) is 0 Å². The van der Waals surface area contributed by atoms with Crippen molar-refractivity contribution in [3.05, 3.63) is 33.1 Å². The number of hydrogen-bond acceptors (Lipinski definition) is 6. The first kappa shape index (κ1) is 16.2. The van der Waals surface area contributed by atoms with Gasteiger partial charge < -0.3 is 15.2 Å². The topological polar surface area (TPSA) is 85.2 Å². The van der Waals surface area contributed by atoms with E-state index < -0.39 is 0 Å². The largest absolute Gasteiger partial charge is 0.337 e. The summed E-state index contributed by atoms with van der Waals surface area (Å²) in [6, 6.07) is 4.01. The third kappa shape index (κ3) is 2.73. The molecule has 1 atom stereocenters. The summed E-state index contributed by atoms with van der Waals surface area (Å²) in [5.74, 6) is -0.0301. The second kappa shape index (κ2) is 5.93. The molecule has 4 heterocycles. The van der Waals surface area contributed by atoms with Gasteiger partial charge in [0.2, 0.25) is 0 Å². The summed E-state index contributed by atoms with van der Waals surface area (Å²) in [6.07, 6.45) is 0.832. The van der Waals surface area contributed by atoms with Crippen LogP contribution < -0.4 is 5.73 Å². The summed E-state index contributed by atoms with van der Waals surface area (Å²) in [4.78, 5) is 21.9. The molecule has 1 fully saturated rings. The maximum Gasteiger partial charge on any atom is 0.259 e. The molecular formula is C18H20N4O2S. The molecule has 3 aromatic heterocycles. The van der Waals surface area contributed by atoms with Gasteiger partial charge in [0.25, 0.3) is 11.6 Å². The van der Waals surface area contributed by atoms with E-state index in [0.29, 0.717) is 35.4 Å². The van der Waals surface area contributed by atoms with Gasteiger partial charge in [0.15, 0.2) is 0 Å². The molecule has 25 heavy (non-hydrogen) atoms.